The summed E-state index contributed by atoms with van der Waals surface area (Å²) in [6, 6.07) is 11.7. The number of nitrogens with zero attached hydrogens (tertiary/aromatic N) is 1. The molecule has 0 aliphatic heterocycles. The molecule has 7 heteroatoms. The molecule has 1 aromatic heterocycles. The third-order valence-corrected chi connectivity index (χ3v) is 6.21. The summed E-state index contributed by atoms with van der Waals surface area (Å²) in [5.74, 6) is -0.622. The highest BCUT2D eigenvalue weighted by atomic mass is 19.4. The Morgan fingerprint density at radius 1 is 1.06 bits per heavy atom. The third-order valence-electron chi connectivity index (χ3n) is 6.21. The number of aromatic nitrogens is 1. The second kappa shape index (κ2) is 9.57. The molecule has 0 saturated carbocycles. The SMILES string of the molecule is COc1cc(C(Nc2cccc3nc(C)ccc23)C(C)(CCC(C)C)C(F)(F)F)ccc1F. The Kier molecular flexibility index (Phi) is 7.20. The zero-order chi connectivity index (χ0) is 24.4. The first-order chi connectivity index (χ1) is 15.5. The molecular formula is C26H30F4N2O. The van der Waals surface area contributed by atoms with Crippen LogP contribution in [-0.4, -0.2) is 18.3 Å². The van der Waals surface area contributed by atoms with Crippen molar-refractivity contribution in [1.82, 2.24) is 4.98 Å². The molecule has 0 spiro atoms. The quantitative estimate of drug-likeness (QED) is 0.346. The van der Waals surface area contributed by atoms with Crippen LogP contribution in [0.15, 0.2) is 48.5 Å². The van der Waals surface area contributed by atoms with Crippen molar-refractivity contribution in [3.63, 3.8) is 0 Å². The number of hydrogen-bond acceptors (Lipinski definition) is 3. The molecule has 2 unspecified atom stereocenters. The topological polar surface area (TPSA) is 34.1 Å². The summed E-state index contributed by atoms with van der Waals surface area (Å²) in [5.41, 5.74) is 0.213. The Morgan fingerprint density at radius 2 is 1.79 bits per heavy atom. The smallest absolute Gasteiger partial charge is 0.396 e. The number of fused-ring (bicyclic) bond motifs is 1. The van der Waals surface area contributed by atoms with Gasteiger partial charge in [-0.15, -0.1) is 0 Å². The van der Waals surface area contributed by atoms with Crippen molar-refractivity contribution in [2.75, 3.05) is 12.4 Å². The van der Waals surface area contributed by atoms with Crippen molar-refractivity contribution in [3.8, 4) is 5.75 Å². The zero-order valence-corrected chi connectivity index (χ0v) is 19.6. The van der Waals surface area contributed by atoms with Gasteiger partial charge < -0.3 is 10.1 Å². The highest BCUT2D eigenvalue weighted by Crippen LogP contribution is 2.52. The highest BCUT2D eigenvalue weighted by molar-refractivity contribution is 5.91. The molecule has 33 heavy (non-hydrogen) atoms. The van der Waals surface area contributed by atoms with E-state index in [1.54, 1.807) is 12.1 Å². The number of hydrogen-bond donors (Lipinski definition) is 1. The van der Waals surface area contributed by atoms with E-state index in [2.05, 4.69) is 10.3 Å². The Balaban J connectivity index is 2.19. The monoisotopic (exact) mass is 462 g/mol. The Bertz CT molecular complexity index is 1110. The second-order valence-electron chi connectivity index (χ2n) is 9.14. The van der Waals surface area contributed by atoms with Gasteiger partial charge in [0.15, 0.2) is 11.6 Å². The van der Waals surface area contributed by atoms with Crippen LogP contribution in [0, 0.1) is 24.1 Å². The summed E-state index contributed by atoms with van der Waals surface area (Å²) < 4.78 is 63.2. The first-order valence-corrected chi connectivity index (χ1v) is 11.0. The van der Waals surface area contributed by atoms with Gasteiger partial charge in [0.25, 0.3) is 0 Å². The van der Waals surface area contributed by atoms with Crippen molar-refractivity contribution < 1.29 is 22.3 Å². The van der Waals surface area contributed by atoms with Crippen molar-refractivity contribution >= 4 is 16.6 Å². The zero-order valence-electron chi connectivity index (χ0n) is 19.6. The van der Waals surface area contributed by atoms with Crippen LogP contribution in [0.2, 0.25) is 0 Å². The van der Waals surface area contributed by atoms with Crippen LogP contribution in [0.5, 0.6) is 5.75 Å². The number of nitrogens with one attached hydrogen (secondary N) is 1. The summed E-state index contributed by atoms with van der Waals surface area (Å²) in [4.78, 5) is 4.49. The average Bonchev–Trinajstić information content (AvgIpc) is 2.75. The lowest BCUT2D eigenvalue weighted by molar-refractivity contribution is -0.227. The summed E-state index contributed by atoms with van der Waals surface area (Å²) >= 11 is 0. The first kappa shape index (κ1) is 24.8. The van der Waals surface area contributed by atoms with E-state index in [4.69, 9.17) is 4.74 Å². The van der Waals surface area contributed by atoms with Crippen molar-refractivity contribution in [2.24, 2.45) is 11.3 Å². The maximum Gasteiger partial charge on any atom is 0.396 e. The van der Waals surface area contributed by atoms with Crippen LogP contribution in [0.3, 0.4) is 0 Å². The molecule has 1 N–H and O–H groups in total. The lowest BCUT2D eigenvalue weighted by atomic mass is 9.73. The minimum atomic E-state index is -4.51. The summed E-state index contributed by atoms with van der Waals surface area (Å²) in [6.45, 7) is 6.90. The average molecular weight is 463 g/mol. The number of ether oxygens (including phenoxy) is 1. The molecule has 2 atom stereocenters. The number of pyridine rings is 1. The van der Waals surface area contributed by atoms with E-state index < -0.39 is 23.5 Å². The molecule has 3 rings (SSSR count). The first-order valence-electron chi connectivity index (χ1n) is 11.0. The molecular weight excluding hydrogens is 432 g/mol. The summed E-state index contributed by atoms with van der Waals surface area (Å²) in [7, 11) is 1.30. The lowest BCUT2D eigenvalue weighted by Gasteiger charge is -2.41. The van der Waals surface area contributed by atoms with Gasteiger partial charge in [-0.05, 0) is 68.1 Å². The van der Waals surface area contributed by atoms with Gasteiger partial charge in [-0.2, -0.15) is 13.2 Å². The fraction of sp³-hybridized carbons (Fsp3) is 0.423. The van der Waals surface area contributed by atoms with Gasteiger partial charge in [-0.25, -0.2) is 4.39 Å². The van der Waals surface area contributed by atoms with Crippen molar-refractivity contribution in [3.05, 3.63) is 65.6 Å². The standard InChI is InChI=1S/C26H30F4N2O/c1-16(2)13-14-25(4,26(28,29)30)24(18-10-12-20(27)23(15-18)33-5)32-22-8-6-7-21-19(22)11-9-17(3)31-21/h6-12,15-16,24,32H,13-14H2,1-5H3. The van der Waals surface area contributed by atoms with E-state index in [-0.39, 0.29) is 18.1 Å². The molecule has 0 aliphatic rings. The number of aryl methyl sites for hydroxylation is 1. The number of benzene rings is 2. The molecule has 0 saturated heterocycles. The lowest BCUT2D eigenvalue weighted by Crippen LogP contribution is -2.44. The molecule has 0 bridgehead atoms. The van der Waals surface area contributed by atoms with Crippen LogP contribution in [0.25, 0.3) is 10.9 Å². The van der Waals surface area contributed by atoms with E-state index in [1.165, 1.54) is 26.2 Å². The van der Waals surface area contributed by atoms with Crippen LogP contribution < -0.4 is 10.1 Å². The second-order valence-corrected chi connectivity index (χ2v) is 9.14. The molecule has 3 nitrogen and oxygen atoms in total. The van der Waals surface area contributed by atoms with Crippen molar-refractivity contribution in [1.29, 1.82) is 0 Å². The van der Waals surface area contributed by atoms with Crippen molar-refractivity contribution in [2.45, 2.75) is 52.8 Å². The molecule has 1 heterocycles. The maximum absolute atomic E-state index is 14.7. The van der Waals surface area contributed by atoms with E-state index >= 15 is 0 Å². The summed E-state index contributed by atoms with van der Waals surface area (Å²) in [5, 5.41) is 3.88. The normalized spacial score (nSPS) is 14.8. The Hall–Kier alpha value is -2.83. The minimum Gasteiger partial charge on any atom is -0.494 e. The maximum atomic E-state index is 14.7. The molecule has 3 aromatic rings. The Morgan fingerprint density at radius 3 is 2.42 bits per heavy atom. The van der Waals surface area contributed by atoms with Crippen LogP contribution in [0.1, 0.15) is 50.9 Å². The fourth-order valence-electron chi connectivity index (χ4n) is 4.04. The summed E-state index contributed by atoms with van der Waals surface area (Å²) in [6.07, 6.45) is -4.21. The number of rotatable bonds is 8. The number of alkyl halides is 3. The molecule has 0 aliphatic carbocycles. The van der Waals surface area contributed by atoms with Gasteiger partial charge in [0.1, 0.15) is 0 Å². The van der Waals surface area contributed by atoms with E-state index in [9.17, 15) is 17.6 Å². The number of anilines is 1. The molecule has 0 amide bonds. The van der Waals surface area contributed by atoms with Crippen LogP contribution in [-0.2, 0) is 0 Å². The number of halogens is 4. The van der Waals surface area contributed by atoms with E-state index in [1.807, 2.05) is 39.0 Å². The van der Waals surface area contributed by atoms with Gasteiger partial charge in [-0.3, -0.25) is 4.98 Å². The molecule has 0 radical (unpaired) electrons. The molecule has 2 aromatic carbocycles. The minimum absolute atomic E-state index is 0.0896. The van der Waals surface area contributed by atoms with Gasteiger partial charge in [-0.1, -0.05) is 32.4 Å². The molecule has 0 fully saturated rings. The largest absolute Gasteiger partial charge is 0.494 e. The highest BCUT2D eigenvalue weighted by Gasteiger charge is 2.56. The van der Waals surface area contributed by atoms with Gasteiger partial charge in [0.2, 0.25) is 0 Å². The van der Waals surface area contributed by atoms with Gasteiger partial charge >= 0.3 is 6.18 Å². The molecule has 178 valence electrons. The van der Waals surface area contributed by atoms with Crippen LogP contribution in [0.4, 0.5) is 23.2 Å². The van der Waals surface area contributed by atoms with Crippen LogP contribution >= 0.6 is 0 Å². The predicted octanol–water partition coefficient (Wildman–Crippen LogP) is 7.85. The van der Waals surface area contributed by atoms with E-state index in [0.717, 1.165) is 17.1 Å². The van der Waals surface area contributed by atoms with E-state index in [0.29, 0.717) is 23.2 Å². The van der Waals surface area contributed by atoms with Gasteiger partial charge in [0.05, 0.1) is 24.1 Å². The fourth-order valence-corrected chi connectivity index (χ4v) is 4.04. The number of methoxy groups -OCH3 is 1. The third kappa shape index (κ3) is 5.23. The predicted molar refractivity (Wildman–Crippen MR) is 124 cm³/mol. The van der Waals surface area contributed by atoms with Gasteiger partial charge in [0, 0.05) is 16.8 Å². The Labute approximate surface area is 192 Å².